The summed E-state index contributed by atoms with van der Waals surface area (Å²) in [5.41, 5.74) is 20.8. The molecule has 8 aromatic heterocycles. The molecule has 0 fully saturated rings. The van der Waals surface area contributed by atoms with Crippen molar-refractivity contribution < 1.29 is 0 Å². The van der Waals surface area contributed by atoms with Gasteiger partial charge in [-0.25, -0.2) is 0 Å². The highest BCUT2D eigenvalue weighted by atomic mass is 15.3. The van der Waals surface area contributed by atoms with Gasteiger partial charge in [-0.3, -0.25) is 0 Å². The zero-order valence-corrected chi connectivity index (χ0v) is 84.3. The zero-order chi connectivity index (χ0) is 102. The van der Waals surface area contributed by atoms with Gasteiger partial charge in [0.05, 0.1) is 0 Å². The lowest BCUT2D eigenvalue weighted by molar-refractivity contribution is 0.759. The highest BCUT2D eigenvalue weighted by Crippen LogP contribution is 2.20. The van der Waals surface area contributed by atoms with E-state index in [1.165, 1.54) is 33.4 Å². The van der Waals surface area contributed by atoms with Crippen molar-refractivity contribution in [3.63, 3.8) is 0 Å². The number of nitrogen functional groups attached to an aromatic ring is 2. The topological polar surface area (TPSA) is 495 Å². The molecule has 40 nitrogen and oxygen atoms in total. The van der Waals surface area contributed by atoms with Crippen molar-refractivity contribution in [1.82, 2.24) is 120 Å². The number of benzene rings is 8. The summed E-state index contributed by atoms with van der Waals surface area (Å²) in [5.74, 6) is 14.5. The maximum Gasteiger partial charge on any atom is 0.232 e. The van der Waals surface area contributed by atoms with Gasteiger partial charge in [0.2, 0.25) is 95.2 Å². The third-order valence-electron chi connectivity index (χ3n) is 19.7. The number of anilines is 18. The SMILES string of the molecule is CNc1nc(C)nc(NCCCc2ccccc2)n1.CNc1nc(C)nc(NCCc2ccccc2)n1.CNc1nc(C)nc(NCc2ccccc2)n1.CNc1nc(C)nc(Nc2ccccc2)n1.Cc1nc(N)nc(N(C)CCCc2ccccc2)n1.Cc1nc(N)nc(N(C)CCc2ccccc2)n1.Cc1nc(NCc2ccccc2)nc(N(C)C)n1.Cc1nc(Nc2ccccc2)nc(N(C)C)n1. The number of nitrogens with zero attached hydrogens (tertiary/aromatic N) is 28. The van der Waals surface area contributed by atoms with Crippen LogP contribution in [0, 0.1) is 55.4 Å². The second-order valence-electron chi connectivity index (χ2n) is 32.0. The molecular weight excluding hydrogens is 1790 g/mol. The average Bonchev–Trinajstić information content (AvgIpc) is 0.873. The summed E-state index contributed by atoms with van der Waals surface area (Å²) in [6.07, 6.45) is 6.08. The maximum atomic E-state index is 5.63. The van der Waals surface area contributed by atoms with E-state index in [-0.39, 0.29) is 11.9 Å². The molecule has 8 aromatic carbocycles. The van der Waals surface area contributed by atoms with Crippen molar-refractivity contribution in [1.29, 1.82) is 0 Å². The van der Waals surface area contributed by atoms with E-state index < -0.39 is 0 Å². The molecule has 740 valence electrons. The van der Waals surface area contributed by atoms with Gasteiger partial charge in [-0.05, 0) is 152 Å². The van der Waals surface area contributed by atoms with Crippen LogP contribution in [0.5, 0.6) is 0 Å². The zero-order valence-electron chi connectivity index (χ0n) is 84.3. The molecule has 0 unspecified atom stereocenters. The second-order valence-corrected chi connectivity index (χ2v) is 32.0. The van der Waals surface area contributed by atoms with Gasteiger partial charge in [-0.1, -0.05) is 218 Å². The summed E-state index contributed by atoms with van der Waals surface area (Å²) in [6, 6.07) is 81.4. The van der Waals surface area contributed by atoms with Crippen molar-refractivity contribution >= 4 is 107 Å². The van der Waals surface area contributed by atoms with Crippen LogP contribution in [-0.4, -0.2) is 216 Å². The quantitative estimate of drug-likeness (QED) is 0.0167. The predicted octanol–water partition coefficient (Wildman–Crippen LogP) is 15.1. The van der Waals surface area contributed by atoms with Gasteiger partial charge in [0.1, 0.15) is 46.6 Å². The molecule has 16 rings (SSSR count). The van der Waals surface area contributed by atoms with Gasteiger partial charge in [0, 0.05) is 121 Å². The highest BCUT2D eigenvalue weighted by molar-refractivity contribution is 5.55. The Bertz CT molecular complexity index is 6260. The average molecular weight is 1920 g/mol. The van der Waals surface area contributed by atoms with E-state index in [9.17, 15) is 0 Å². The monoisotopic (exact) mass is 1920 g/mol. The third kappa shape index (κ3) is 41.7. The molecule has 0 bridgehead atoms. The Morgan fingerprint density at radius 1 is 0.218 bits per heavy atom. The second kappa shape index (κ2) is 59.6. The van der Waals surface area contributed by atoms with Crippen molar-refractivity contribution in [2.45, 2.75) is 107 Å². The van der Waals surface area contributed by atoms with E-state index in [4.69, 9.17) is 11.5 Å². The molecule has 8 heterocycles. The normalized spacial score (nSPS) is 10.2. The smallest absolute Gasteiger partial charge is 0.232 e. The largest absolute Gasteiger partial charge is 0.368 e. The first-order chi connectivity index (χ1) is 68.7. The summed E-state index contributed by atoms with van der Waals surface area (Å²) in [6.45, 7) is 19.5. The van der Waals surface area contributed by atoms with Crippen molar-refractivity contribution in [2.24, 2.45) is 0 Å². The molecule has 0 aliphatic rings. The molecule has 0 saturated carbocycles. The minimum Gasteiger partial charge on any atom is -0.368 e. The summed E-state index contributed by atoms with van der Waals surface area (Å²) in [5, 5.41) is 30.7. The van der Waals surface area contributed by atoms with Gasteiger partial charge in [-0.2, -0.15) is 120 Å². The summed E-state index contributed by atoms with van der Waals surface area (Å²) in [4.78, 5) is 109. The van der Waals surface area contributed by atoms with Crippen molar-refractivity contribution in [2.75, 3.05) is 181 Å². The van der Waals surface area contributed by atoms with Crippen LogP contribution in [0.1, 0.15) is 92.8 Å². The molecule has 0 aliphatic carbocycles. The number of aromatic nitrogens is 24. The number of para-hydroxylation sites is 2. The minimum atomic E-state index is 0.268. The number of nitrogens with two attached hydrogens (primary N) is 2. The highest BCUT2D eigenvalue weighted by Gasteiger charge is 2.14. The van der Waals surface area contributed by atoms with E-state index in [1.807, 2.05) is 263 Å². The Morgan fingerprint density at radius 3 is 0.824 bits per heavy atom. The molecular formula is C102H132N40. The van der Waals surface area contributed by atoms with Crippen molar-refractivity contribution in [3.05, 3.63) is 323 Å². The molecule has 0 aliphatic heterocycles. The van der Waals surface area contributed by atoms with Gasteiger partial charge in [-0.15, -0.1) is 0 Å². The van der Waals surface area contributed by atoms with E-state index >= 15 is 0 Å². The van der Waals surface area contributed by atoms with Crippen LogP contribution in [0.25, 0.3) is 0 Å². The predicted molar refractivity (Wildman–Crippen MR) is 573 cm³/mol. The van der Waals surface area contributed by atoms with Crippen LogP contribution < -0.4 is 84.2 Å². The first-order valence-corrected chi connectivity index (χ1v) is 46.3. The fraction of sp³-hybridized carbons (Fsp3) is 0.294. The number of likely N-dealkylation sites (N-methyl/N-ethyl adjacent to an activating group) is 1. The number of hydrogen-bond donors (Lipinski definition) is 12. The molecule has 0 radical (unpaired) electrons. The molecule has 142 heavy (non-hydrogen) atoms. The Kier molecular flexibility index (Phi) is 45.5. The van der Waals surface area contributed by atoms with Crippen LogP contribution in [0.3, 0.4) is 0 Å². The first-order valence-electron chi connectivity index (χ1n) is 46.3. The summed E-state index contributed by atoms with van der Waals surface area (Å²) in [7, 11) is 18.7. The summed E-state index contributed by atoms with van der Waals surface area (Å²) >= 11 is 0. The number of nitrogens with one attached hydrogen (secondary N) is 10. The van der Waals surface area contributed by atoms with Crippen LogP contribution in [-0.2, 0) is 38.8 Å². The number of rotatable bonds is 34. The Hall–Kier alpha value is -17.4. The standard InChI is InChI=1S/2C14H19N5.3C13H17N5.2C12H15N5.C11H13N5/c1-11-16-13(15)18-14(17-11)19(2)10-6-9-12-7-4-3-5-8-12;1-11-17-13(15-2)19-14(18-11)16-10-6-9-12-7-4-3-5-8-12;1-10-15-12(17-13(16-10)18(2)3)14-9-11-7-5-4-6-8-11;1-10-15-12(14)17-13(16-10)18(2)9-8-11-6-4-3-5-7-11;1-10-16-12(14-2)18-13(17-10)15-9-8-11-6-4-3-5-7-11;1-9-13-11(16-12(14-9)17(2)3)15-10-7-5-4-6-8-10;1-9-15-11(13-2)17-12(16-9)14-8-10-6-4-3-5-7-10;1-8-13-10(12-2)16-11(14-8)15-9-6-4-3-5-7-9/h3-5,7-8H,6,9-10H2,1-2H3,(H2,15,16,17,18);3-5,7-8H,6,9-10H2,1-2H3,(H2,15,16,17,18,19);4-8H,9H2,1-3H3,(H,14,15,16,17);3-7H,8-9H2,1-2H3,(H2,14,15,16,17);3-7H,8-9H2,1-2H3,(H2,14,15,16,17,18);4-8H,1-3H3,(H,13,14,15,16);3-7H,8H2,1-2H3,(H2,13,14,15,16,17);3-7H,1-2H3,(H2,12,13,14,15,16). The van der Waals surface area contributed by atoms with Gasteiger partial charge < -0.3 is 84.2 Å². The number of aryl methyl sites for hydroxylation is 10. The van der Waals surface area contributed by atoms with Crippen LogP contribution in [0.2, 0.25) is 0 Å². The molecule has 0 amide bonds. The van der Waals surface area contributed by atoms with Crippen LogP contribution >= 0.6 is 0 Å². The molecule has 0 saturated heterocycles. The lowest BCUT2D eigenvalue weighted by atomic mass is 10.1. The fourth-order valence-corrected chi connectivity index (χ4v) is 12.7. The van der Waals surface area contributed by atoms with E-state index in [0.717, 1.165) is 76.1 Å². The van der Waals surface area contributed by atoms with Gasteiger partial charge in [0.25, 0.3) is 0 Å². The van der Waals surface area contributed by atoms with E-state index in [1.54, 1.807) is 28.2 Å². The first kappa shape index (κ1) is 108. The van der Waals surface area contributed by atoms with Gasteiger partial charge >= 0.3 is 0 Å². The number of hydrogen-bond acceptors (Lipinski definition) is 40. The van der Waals surface area contributed by atoms with Crippen molar-refractivity contribution in [3.8, 4) is 0 Å². The van der Waals surface area contributed by atoms with E-state index in [2.05, 4.69) is 270 Å². The Balaban J connectivity index is 0.000000181. The lowest BCUT2D eigenvalue weighted by Crippen LogP contribution is -2.23. The molecule has 40 heteroatoms. The Morgan fingerprint density at radius 2 is 0.472 bits per heavy atom. The van der Waals surface area contributed by atoms with Crippen LogP contribution in [0.15, 0.2) is 243 Å². The Labute approximate surface area is 832 Å². The molecule has 14 N–H and O–H groups in total. The molecule has 0 spiro atoms. The third-order valence-corrected chi connectivity index (χ3v) is 19.7. The minimum absolute atomic E-state index is 0.268. The van der Waals surface area contributed by atoms with Gasteiger partial charge in [0.15, 0.2) is 0 Å². The van der Waals surface area contributed by atoms with E-state index in [0.29, 0.717) is 143 Å². The lowest BCUT2D eigenvalue weighted by Gasteiger charge is -2.17. The fourth-order valence-electron chi connectivity index (χ4n) is 12.7. The molecule has 16 aromatic rings. The summed E-state index contributed by atoms with van der Waals surface area (Å²) < 4.78 is 0. The maximum absolute atomic E-state index is 5.63. The van der Waals surface area contributed by atoms with Crippen LogP contribution in [0.4, 0.5) is 107 Å². The molecule has 0 atom stereocenters.